The van der Waals surface area contributed by atoms with E-state index in [9.17, 15) is 4.79 Å². The molecule has 4 rings (SSSR count). The van der Waals surface area contributed by atoms with Gasteiger partial charge in [0.1, 0.15) is 15.7 Å². The lowest BCUT2D eigenvalue weighted by Gasteiger charge is -2.20. The third-order valence-corrected chi connectivity index (χ3v) is 7.73. The maximum absolute atomic E-state index is 13.0. The summed E-state index contributed by atoms with van der Waals surface area (Å²) in [5.74, 6) is 1.98. The fraction of sp³-hybridized carbons (Fsp3) is 0.381. The molecular formula is C21H23N5O2S3. The van der Waals surface area contributed by atoms with Crippen LogP contribution in [0.1, 0.15) is 35.5 Å². The summed E-state index contributed by atoms with van der Waals surface area (Å²) in [5, 5.41) is 12.1. The minimum Gasteiger partial charge on any atom is -0.418 e. The molecule has 0 saturated carbocycles. The van der Waals surface area contributed by atoms with E-state index in [0.29, 0.717) is 30.6 Å². The zero-order valence-electron chi connectivity index (χ0n) is 17.8. The highest BCUT2D eigenvalue weighted by molar-refractivity contribution is 8.00. The molecule has 31 heavy (non-hydrogen) atoms. The lowest BCUT2D eigenvalue weighted by Crippen LogP contribution is -2.32. The Kier molecular flexibility index (Phi) is 6.68. The smallest absolute Gasteiger partial charge is 0.257 e. The minimum absolute atomic E-state index is 0.0248. The third kappa shape index (κ3) is 4.81. The molecule has 0 radical (unpaired) electrons. The zero-order valence-corrected chi connectivity index (χ0v) is 20.3. The van der Waals surface area contributed by atoms with Gasteiger partial charge in [0.2, 0.25) is 11.8 Å². The molecule has 162 valence electrons. The van der Waals surface area contributed by atoms with Crippen LogP contribution >= 0.6 is 34.4 Å². The molecule has 0 aliphatic heterocycles. The molecule has 7 nitrogen and oxygen atoms in total. The highest BCUT2D eigenvalue weighted by atomic mass is 32.2. The summed E-state index contributed by atoms with van der Waals surface area (Å²) in [5.41, 5.74) is 1.19. The number of carbonyl (C=O) groups excluding carboxylic acids is 1. The van der Waals surface area contributed by atoms with Crippen LogP contribution in [0.4, 0.5) is 0 Å². The van der Waals surface area contributed by atoms with Crippen molar-refractivity contribution in [3.63, 3.8) is 0 Å². The van der Waals surface area contributed by atoms with E-state index in [1.54, 1.807) is 27.6 Å². The average molecular weight is 474 g/mol. The first-order chi connectivity index (χ1) is 15.0. The topological polar surface area (TPSA) is 85.0 Å². The van der Waals surface area contributed by atoms with Gasteiger partial charge in [-0.15, -0.1) is 32.9 Å². The summed E-state index contributed by atoms with van der Waals surface area (Å²) in [6.45, 7) is 9.05. The molecule has 0 bridgehead atoms. The summed E-state index contributed by atoms with van der Waals surface area (Å²) in [6, 6.07) is 3.88. The van der Waals surface area contributed by atoms with Crippen molar-refractivity contribution in [3.8, 4) is 10.8 Å². The molecule has 0 unspecified atom stereocenters. The fourth-order valence-corrected chi connectivity index (χ4v) is 6.00. The number of aryl methyl sites for hydroxylation is 3. The summed E-state index contributed by atoms with van der Waals surface area (Å²) < 4.78 is 5.78. The SMILES string of the molecule is CCCN(Cc1nnc(-c2cccs2)o1)C(=O)CSc1nc(C)nc2sc(C)c(C)c12. The van der Waals surface area contributed by atoms with Crippen molar-refractivity contribution in [2.75, 3.05) is 12.3 Å². The maximum Gasteiger partial charge on any atom is 0.257 e. The number of nitrogens with zero attached hydrogens (tertiary/aromatic N) is 5. The lowest BCUT2D eigenvalue weighted by molar-refractivity contribution is -0.129. The second-order valence-electron chi connectivity index (χ2n) is 7.12. The molecule has 0 atom stereocenters. The molecule has 4 heterocycles. The van der Waals surface area contributed by atoms with E-state index in [4.69, 9.17) is 4.42 Å². The molecule has 1 amide bonds. The second-order valence-corrected chi connectivity index (χ2v) is 10.2. The van der Waals surface area contributed by atoms with Crippen molar-refractivity contribution in [2.45, 2.75) is 45.7 Å². The predicted octanol–water partition coefficient (Wildman–Crippen LogP) is 5.26. The molecule has 0 fully saturated rings. The van der Waals surface area contributed by atoms with E-state index in [-0.39, 0.29) is 5.91 Å². The summed E-state index contributed by atoms with van der Waals surface area (Å²) in [6.07, 6.45) is 0.849. The van der Waals surface area contributed by atoms with Crippen LogP contribution in [0.3, 0.4) is 0 Å². The van der Waals surface area contributed by atoms with Gasteiger partial charge in [0, 0.05) is 16.8 Å². The monoisotopic (exact) mass is 473 g/mol. The number of carbonyl (C=O) groups is 1. The van der Waals surface area contributed by atoms with Crippen molar-refractivity contribution >= 4 is 50.6 Å². The number of rotatable bonds is 8. The number of amides is 1. The summed E-state index contributed by atoms with van der Waals surface area (Å²) in [4.78, 5) is 27.1. The van der Waals surface area contributed by atoms with Gasteiger partial charge < -0.3 is 9.32 Å². The molecule has 0 saturated heterocycles. The van der Waals surface area contributed by atoms with Crippen LogP contribution < -0.4 is 0 Å². The van der Waals surface area contributed by atoms with Crippen LogP contribution in [0.15, 0.2) is 27.0 Å². The Balaban J connectivity index is 1.48. The van der Waals surface area contributed by atoms with E-state index in [2.05, 4.69) is 34.0 Å². The van der Waals surface area contributed by atoms with Crippen LogP contribution in [-0.2, 0) is 11.3 Å². The Hall–Kier alpha value is -2.30. The summed E-state index contributed by atoms with van der Waals surface area (Å²) in [7, 11) is 0. The lowest BCUT2D eigenvalue weighted by atomic mass is 10.2. The molecule has 0 aliphatic carbocycles. The second kappa shape index (κ2) is 9.46. The molecule has 0 aromatic carbocycles. The van der Waals surface area contributed by atoms with E-state index in [0.717, 1.165) is 32.4 Å². The van der Waals surface area contributed by atoms with Crippen molar-refractivity contribution < 1.29 is 9.21 Å². The quantitative estimate of drug-likeness (QED) is 0.255. The Morgan fingerprint density at radius 1 is 1.23 bits per heavy atom. The van der Waals surface area contributed by atoms with Gasteiger partial charge in [-0.25, -0.2) is 9.97 Å². The Bertz CT molecular complexity index is 1200. The third-order valence-electron chi connectivity index (χ3n) is 4.81. The Morgan fingerprint density at radius 3 is 2.81 bits per heavy atom. The van der Waals surface area contributed by atoms with Crippen LogP contribution in [0, 0.1) is 20.8 Å². The van der Waals surface area contributed by atoms with Crippen LogP contribution in [-0.4, -0.2) is 43.3 Å². The number of fused-ring (bicyclic) bond motifs is 1. The van der Waals surface area contributed by atoms with Crippen LogP contribution in [0.2, 0.25) is 0 Å². The van der Waals surface area contributed by atoms with E-state index < -0.39 is 0 Å². The van der Waals surface area contributed by atoms with Crippen molar-refractivity contribution in [1.29, 1.82) is 0 Å². The van der Waals surface area contributed by atoms with Crippen molar-refractivity contribution in [1.82, 2.24) is 25.1 Å². The van der Waals surface area contributed by atoms with Gasteiger partial charge in [0.15, 0.2) is 0 Å². The highest BCUT2D eigenvalue weighted by Gasteiger charge is 2.20. The van der Waals surface area contributed by atoms with Gasteiger partial charge in [-0.1, -0.05) is 24.8 Å². The molecule has 4 aromatic heterocycles. The number of thioether (sulfide) groups is 1. The maximum atomic E-state index is 13.0. The molecule has 0 N–H and O–H groups in total. The molecule has 10 heteroatoms. The van der Waals surface area contributed by atoms with Crippen molar-refractivity contribution in [3.05, 3.63) is 39.7 Å². The highest BCUT2D eigenvalue weighted by Crippen LogP contribution is 2.35. The first-order valence-electron chi connectivity index (χ1n) is 9.97. The van der Waals surface area contributed by atoms with Gasteiger partial charge in [0.25, 0.3) is 5.89 Å². The van der Waals surface area contributed by atoms with Gasteiger partial charge in [-0.2, -0.15) is 0 Å². The van der Waals surface area contributed by atoms with Crippen LogP contribution in [0.5, 0.6) is 0 Å². The Morgan fingerprint density at radius 2 is 2.06 bits per heavy atom. The van der Waals surface area contributed by atoms with E-state index in [1.807, 2.05) is 31.4 Å². The predicted molar refractivity (Wildman–Crippen MR) is 126 cm³/mol. The van der Waals surface area contributed by atoms with Crippen molar-refractivity contribution in [2.24, 2.45) is 0 Å². The zero-order chi connectivity index (χ0) is 22.0. The molecule has 0 spiro atoms. The van der Waals surface area contributed by atoms with Crippen LogP contribution in [0.25, 0.3) is 21.0 Å². The molecular weight excluding hydrogens is 450 g/mol. The van der Waals surface area contributed by atoms with E-state index in [1.165, 1.54) is 22.2 Å². The largest absolute Gasteiger partial charge is 0.418 e. The Labute approximate surface area is 192 Å². The van der Waals surface area contributed by atoms with Gasteiger partial charge in [-0.05, 0) is 44.2 Å². The summed E-state index contributed by atoms with van der Waals surface area (Å²) >= 11 is 4.68. The number of hydrogen-bond donors (Lipinski definition) is 0. The molecule has 0 aliphatic rings. The number of hydrogen-bond acceptors (Lipinski definition) is 9. The number of thiophene rings is 2. The molecule has 4 aromatic rings. The first-order valence-corrected chi connectivity index (χ1v) is 12.7. The minimum atomic E-state index is 0.0248. The first kappa shape index (κ1) is 21.9. The van der Waals surface area contributed by atoms with E-state index >= 15 is 0 Å². The van der Waals surface area contributed by atoms with Gasteiger partial charge in [-0.3, -0.25) is 4.79 Å². The standard InChI is InChI=1S/C21H23N5O2S3/c1-5-8-26(10-16-24-25-19(28-16)15-7-6-9-29-15)17(27)11-30-20-18-12(2)13(3)31-21(18)23-14(4)22-20/h6-7,9H,5,8,10-11H2,1-4H3. The average Bonchev–Trinajstić information content (AvgIpc) is 3.47. The van der Waals surface area contributed by atoms with Gasteiger partial charge >= 0.3 is 0 Å². The fourth-order valence-electron chi connectivity index (χ4n) is 3.18. The normalized spacial score (nSPS) is 11.4. The van der Waals surface area contributed by atoms with Gasteiger partial charge in [0.05, 0.1) is 17.2 Å². The number of aromatic nitrogens is 4.